The molecule has 0 aromatic rings. The summed E-state index contributed by atoms with van der Waals surface area (Å²) in [4.78, 5) is 23.3. The predicted octanol–water partition coefficient (Wildman–Crippen LogP) is 1.35. The van der Waals surface area contributed by atoms with Crippen LogP contribution in [-0.4, -0.2) is 59.5 Å². The number of amides is 2. The lowest BCUT2D eigenvalue weighted by Crippen LogP contribution is -2.47. The first-order valence-corrected chi connectivity index (χ1v) is 6.76. The second-order valence-corrected chi connectivity index (χ2v) is 5.32. The van der Waals surface area contributed by atoms with E-state index in [-0.39, 0.29) is 12.6 Å². The summed E-state index contributed by atoms with van der Waals surface area (Å²) in [5.74, 6) is -1.07. The second-order valence-electron chi connectivity index (χ2n) is 5.32. The van der Waals surface area contributed by atoms with E-state index in [4.69, 9.17) is 9.84 Å². The zero-order valence-electron chi connectivity index (χ0n) is 11.2. The maximum atomic E-state index is 12.4. The van der Waals surface area contributed by atoms with E-state index in [9.17, 15) is 22.8 Å². The number of hydrogen-bond donors (Lipinski definition) is 2. The largest absolute Gasteiger partial charge is 0.479 e. The minimum Gasteiger partial charge on any atom is -0.479 e. The maximum Gasteiger partial charge on any atom is 0.406 e. The van der Waals surface area contributed by atoms with Crippen LogP contribution >= 0.6 is 0 Å². The molecule has 9 heteroatoms. The zero-order chi connectivity index (χ0) is 15.6. The molecule has 0 spiro atoms. The van der Waals surface area contributed by atoms with Crippen molar-refractivity contribution in [3.05, 3.63) is 0 Å². The Morgan fingerprint density at radius 1 is 1.24 bits per heavy atom. The molecule has 0 aromatic carbocycles. The Labute approximate surface area is 119 Å². The van der Waals surface area contributed by atoms with Crippen LogP contribution in [0.2, 0.25) is 0 Å². The van der Waals surface area contributed by atoms with E-state index in [0.717, 1.165) is 4.90 Å². The van der Waals surface area contributed by atoms with Crippen LogP contribution in [0, 0.1) is 0 Å². The van der Waals surface area contributed by atoms with E-state index < -0.39 is 36.9 Å². The molecule has 120 valence electrons. The lowest BCUT2D eigenvalue weighted by Gasteiger charge is -2.24. The molecule has 21 heavy (non-hydrogen) atoms. The first kappa shape index (κ1) is 15.9. The SMILES string of the molecule is O=C(O)C1CCC(CNC(=O)N(CC(F)(F)F)C2CC2)O1. The Bertz CT molecular complexity index is 412. The summed E-state index contributed by atoms with van der Waals surface area (Å²) in [6.07, 6.45) is -3.86. The van der Waals surface area contributed by atoms with Crippen molar-refractivity contribution >= 4 is 12.0 Å². The minimum atomic E-state index is -4.43. The molecule has 1 aliphatic carbocycles. The van der Waals surface area contributed by atoms with E-state index in [2.05, 4.69) is 5.32 Å². The van der Waals surface area contributed by atoms with Gasteiger partial charge >= 0.3 is 18.2 Å². The van der Waals surface area contributed by atoms with Crippen molar-refractivity contribution in [3.8, 4) is 0 Å². The van der Waals surface area contributed by atoms with Crippen molar-refractivity contribution in [2.75, 3.05) is 13.1 Å². The van der Waals surface area contributed by atoms with Crippen LogP contribution in [0.25, 0.3) is 0 Å². The highest BCUT2D eigenvalue weighted by molar-refractivity contribution is 5.75. The molecule has 2 aliphatic rings. The molecule has 2 atom stereocenters. The van der Waals surface area contributed by atoms with Crippen molar-refractivity contribution in [1.29, 1.82) is 0 Å². The number of ether oxygens (including phenoxy) is 1. The quantitative estimate of drug-likeness (QED) is 0.803. The Balaban J connectivity index is 1.79. The Morgan fingerprint density at radius 2 is 1.90 bits per heavy atom. The molecule has 1 saturated heterocycles. The van der Waals surface area contributed by atoms with Gasteiger partial charge < -0.3 is 20.1 Å². The number of hydrogen-bond acceptors (Lipinski definition) is 3. The number of carboxylic acids is 1. The second kappa shape index (κ2) is 6.08. The van der Waals surface area contributed by atoms with Crippen LogP contribution in [0.15, 0.2) is 0 Å². The van der Waals surface area contributed by atoms with Gasteiger partial charge in [-0.25, -0.2) is 9.59 Å². The molecule has 1 heterocycles. The molecule has 2 amide bonds. The number of urea groups is 1. The number of rotatable bonds is 5. The Hall–Kier alpha value is -1.51. The normalized spacial score (nSPS) is 25.7. The summed E-state index contributed by atoms with van der Waals surface area (Å²) in [6.45, 7) is -1.25. The summed E-state index contributed by atoms with van der Waals surface area (Å²) in [7, 11) is 0. The Morgan fingerprint density at radius 3 is 2.38 bits per heavy atom. The lowest BCUT2D eigenvalue weighted by molar-refractivity contribution is -0.149. The first-order chi connectivity index (χ1) is 9.76. The average Bonchev–Trinajstić information content (AvgIpc) is 3.09. The summed E-state index contributed by atoms with van der Waals surface area (Å²) < 4.78 is 42.4. The average molecular weight is 310 g/mol. The third-order valence-corrected chi connectivity index (χ3v) is 3.46. The van der Waals surface area contributed by atoms with Gasteiger partial charge in [-0.2, -0.15) is 13.2 Å². The van der Waals surface area contributed by atoms with Gasteiger partial charge in [0.15, 0.2) is 6.10 Å². The topological polar surface area (TPSA) is 78.9 Å². The summed E-state index contributed by atoms with van der Waals surface area (Å²) in [5.41, 5.74) is 0. The highest BCUT2D eigenvalue weighted by Gasteiger charge is 2.41. The summed E-state index contributed by atoms with van der Waals surface area (Å²) >= 11 is 0. The zero-order valence-corrected chi connectivity index (χ0v) is 11.2. The third kappa shape index (κ3) is 4.76. The van der Waals surface area contributed by atoms with Crippen LogP contribution in [0.1, 0.15) is 25.7 Å². The fourth-order valence-corrected chi connectivity index (χ4v) is 2.29. The van der Waals surface area contributed by atoms with Crippen molar-refractivity contribution < 1.29 is 32.6 Å². The monoisotopic (exact) mass is 310 g/mol. The highest BCUT2D eigenvalue weighted by atomic mass is 19.4. The van der Waals surface area contributed by atoms with E-state index in [1.807, 2.05) is 0 Å². The van der Waals surface area contributed by atoms with Crippen molar-refractivity contribution in [2.24, 2.45) is 0 Å². The number of aliphatic carboxylic acids is 1. The van der Waals surface area contributed by atoms with Crippen molar-refractivity contribution in [3.63, 3.8) is 0 Å². The van der Waals surface area contributed by atoms with E-state index in [1.165, 1.54) is 0 Å². The molecule has 0 radical (unpaired) electrons. The highest BCUT2D eigenvalue weighted by Crippen LogP contribution is 2.30. The van der Waals surface area contributed by atoms with Gasteiger partial charge in [-0.05, 0) is 25.7 Å². The first-order valence-electron chi connectivity index (χ1n) is 6.76. The van der Waals surface area contributed by atoms with E-state index in [0.29, 0.717) is 25.7 Å². The smallest absolute Gasteiger partial charge is 0.406 e. The fourth-order valence-electron chi connectivity index (χ4n) is 2.29. The number of nitrogens with one attached hydrogen (secondary N) is 1. The van der Waals surface area contributed by atoms with Crippen LogP contribution < -0.4 is 5.32 Å². The molecule has 2 rings (SSSR count). The number of alkyl halides is 3. The molecule has 2 fully saturated rings. The number of nitrogens with zero attached hydrogens (tertiary/aromatic N) is 1. The molecule has 2 N–H and O–H groups in total. The van der Waals surface area contributed by atoms with Gasteiger partial charge in [0.1, 0.15) is 6.54 Å². The van der Waals surface area contributed by atoms with Gasteiger partial charge in [0, 0.05) is 12.6 Å². The molecule has 1 saturated carbocycles. The van der Waals surface area contributed by atoms with Crippen LogP contribution in [0.3, 0.4) is 0 Å². The van der Waals surface area contributed by atoms with Crippen LogP contribution in [-0.2, 0) is 9.53 Å². The number of carboxylic acid groups (broad SMARTS) is 1. The molecule has 0 bridgehead atoms. The van der Waals surface area contributed by atoms with Crippen LogP contribution in [0.4, 0.5) is 18.0 Å². The van der Waals surface area contributed by atoms with Gasteiger partial charge in [-0.15, -0.1) is 0 Å². The number of carbonyl (C=O) groups is 2. The fraction of sp³-hybridized carbons (Fsp3) is 0.833. The third-order valence-electron chi connectivity index (χ3n) is 3.46. The van der Waals surface area contributed by atoms with Crippen molar-refractivity contribution in [2.45, 2.75) is 50.1 Å². The number of carbonyl (C=O) groups excluding carboxylic acids is 1. The molecule has 6 nitrogen and oxygen atoms in total. The standard InChI is InChI=1S/C12H17F3N2O4/c13-12(14,15)6-17(7-1-2-7)11(20)16-5-8-3-4-9(21-8)10(18)19/h7-9H,1-6H2,(H,16,20)(H,18,19). The van der Waals surface area contributed by atoms with E-state index in [1.54, 1.807) is 0 Å². The molecule has 2 unspecified atom stereocenters. The molecule has 1 aliphatic heterocycles. The van der Waals surface area contributed by atoms with Gasteiger partial charge in [0.25, 0.3) is 0 Å². The number of halogens is 3. The maximum absolute atomic E-state index is 12.4. The van der Waals surface area contributed by atoms with Crippen LogP contribution in [0.5, 0.6) is 0 Å². The van der Waals surface area contributed by atoms with Gasteiger partial charge in [-0.1, -0.05) is 0 Å². The summed E-state index contributed by atoms with van der Waals surface area (Å²) in [6, 6.07) is -1.14. The summed E-state index contributed by atoms with van der Waals surface area (Å²) in [5, 5.41) is 11.2. The predicted molar refractivity (Wildman–Crippen MR) is 64.7 cm³/mol. The van der Waals surface area contributed by atoms with Gasteiger partial charge in [0.05, 0.1) is 6.10 Å². The lowest BCUT2D eigenvalue weighted by atomic mass is 10.2. The molecule has 0 aromatic heterocycles. The molecular weight excluding hydrogens is 293 g/mol. The van der Waals surface area contributed by atoms with Crippen molar-refractivity contribution in [1.82, 2.24) is 10.2 Å². The van der Waals surface area contributed by atoms with Gasteiger partial charge in [0.2, 0.25) is 0 Å². The minimum absolute atomic E-state index is 0.0176. The molecular formula is C12H17F3N2O4. The Kier molecular flexibility index (Phi) is 4.60. The van der Waals surface area contributed by atoms with E-state index >= 15 is 0 Å². The van der Waals surface area contributed by atoms with Gasteiger partial charge in [-0.3, -0.25) is 0 Å².